The van der Waals surface area contributed by atoms with E-state index in [0.717, 1.165) is 22.4 Å². The topological polar surface area (TPSA) is 46.2 Å². The van der Waals surface area contributed by atoms with Crippen molar-refractivity contribution in [1.29, 1.82) is 0 Å². The zero-order valence-corrected chi connectivity index (χ0v) is 12.9. The largest absolute Gasteiger partial charge is 0.278 e. The molecule has 1 N–H and O–H groups in total. The van der Waals surface area contributed by atoms with E-state index in [9.17, 15) is 8.42 Å². The summed E-state index contributed by atoms with van der Waals surface area (Å²) in [6, 6.07) is 9.27. The highest BCUT2D eigenvalue weighted by Crippen LogP contribution is 2.27. The van der Waals surface area contributed by atoms with Crippen LogP contribution in [0, 0.1) is 13.8 Å². The monoisotopic (exact) mass is 295 g/mol. The molecule has 2 rings (SSSR count). The standard InChI is InChI=1S/C14H17NO2S2/c1-4-12-7-5-6-10(2)14(12)15-19(16,17)13-9-8-11(3)18-13/h5-9,15H,4H2,1-3H3. The molecule has 0 aliphatic heterocycles. The van der Waals surface area contributed by atoms with E-state index in [1.807, 2.05) is 45.0 Å². The molecule has 0 saturated carbocycles. The van der Waals surface area contributed by atoms with Gasteiger partial charge in [0.2, 0.25) is 0 Å². The second-order valence-corrected chi connectivity index (χ2v) is 7.63. The Morgan fingerprint density at radius 2 is 1.89 bits per heavy atom. The van der Waals surface area contributed by atoms with Gasteiger partial charge in [0.25, 0.3) is 10.0 Å². The molecule has 1 aromatic heterocycles. The van der Waals surface area contributed by atoms with Gasteiger partial charge in [0.05, 0.1) is 5.69 Å². The summed E-state index contributed by atoms with van der Waals surface area (Å²) in [6.45, 7) is 5.83. The number of anilines is 1. The molecule has 0 aliphatic carbocycles. The van der Waals surface area contributed by atoms with E-state index >= 15 is 0 Å². The van der Waals surface area contributed by atoms with E-state index in [0.29, 0.717) is 9.90 Å². The summed E-state index contributed by atoms with van der Waals surface area (Å²) >= 11 is 1.28. The second kappa shape index (κ2) is 5.35. The molecule has 0 fully saturated rings. The van der Waals surface area contributed by atoms with E-state index in [2.05, 4.69) is 4.72 Å². The lowest BCUT2D eigenvalue weighted by atomic mass is 10.1. The van der Waals surface area contributed by atoms with Crippen LogP contribution in [0.3, 0.4) is 0 Å². The van der Waals surface area contributed by atoms with Crippen LogP contribution in [0.2, 0.25) is 0 Å². The number of thiophene rings is 1. The van der Waals surface area contributed by atoms with Gasteiger partial charge in [0.1, 0.15) is 4.21 Å². The number of nitrogens with one attached hydrogen (secondary N) is 1. The third-order valence-electron chi connectivity index (χ3n) is 2.96. The van der Waals surface area contributed by atoms with Crippen LogP contribution in [0.1, 0.15) is 22.9 Å². The Morgan fingerprint density at radius 1 is 1.16 bits per heavy atom. The highest BCUT2D eigenvalue weighted by Gasteiger charge is 2.18. The number of hydrogen-bond acceptors (Lipinski definition) is 3. The predicted octanol–water partition coefficient (Wildman–Crippen LogP) is 3.73. The van der Waals surface area contributed by atoms with E-state index in [1.165, 1.54) is 11.3 Å². The van der Waals surface area contributed by atoms with Crippen LogP contribution >= 0.6 is 11.3 Å². The fourth-order valence-electron chi connectivity index (χ4n) is 1.91. The Balaban J connectivity index is 2.41. The van der Waals surface area contributed by atoms with E-state index in [4.69, 9.17) is 0 Å². The summed E-state index contributed by atoms with van der Waals surface area (Å²) < 4.78 is 27.7. The average Bonchev–Trinajstić information content (AvgIpc) is 2.79. The summed E-state index contributed by atoms with van der Waals surface area (Å²) in [4.78, 5) is 0.987. The quantitative estimate of drug-likeness (QED) is 0.934. The van der Waals surface area contributed by atoms with Crippen molar-refractivity contribution in [3.05, 3.63) is 46.3 Å². The maximum atomic E-state index is 12.3. The van der Waals surface area contributed by atoms with Gasteiger partial charge in [-0.2, -0.15) is 0 Å². The molecular weight excluding hydrogens is 278 g/mol. The molecule has 2 aromatic rings. The molecule has 5 heteroatoms. The zero-order valence-electron chi connectivity index (χ0n) is 11.2. The molecule has 1 aromatic carbocycles. The van der Waals surface area contributed by atoms with Gasteiger partial charge in [-0.25, -0.2) is 8.42 Å². The van der Waals surface area contributed by atoms with Crippen LogP contribution in [0.4, 0.5) is 5.69 Å². The fraction of sp³-hybridized carbons (Fsp3) is 0.286. The number of rotatable bonds is 4. The number of sulfonamides is 1. The molecule has 0 amide bonds. The summed E-state index contributed by atoms with van der Waals surface area (Å²) in [7, 11) is -3.48. The Hall–Kier alpha value is -1.33. The van der Waals surface area contributed by atoms with Crippen molar-refractivity contribution >= 4 is 27.0 Å². The van der Waals surface area contributed by atoms with E-state index < -0.39 is 10.0 Å². The van der Waals surface area contributed by atoms with Gasteiger partial charge in [-0.3, -0.25) is 4.72 Å². The number of aryl methyl sites for hydroxylation is 3. The summed E-state index contributed by atoms with van der Waals surface area (Å²) in [5, 5.41) is 0. The lowest BCUT2D eigenvalue weighted by Crippen LogP contribution is -2.13. The fourth-order valence-corrected chi connectivity index (χ4v) is 4.37. The molecule has 0 saturated heterocycles. The van der Waals surface area contributed by atoms with Crippen molar-refractivity contribution < 1.29 is 8.42 Å². The van der Waals surface area contributed by atoms with Gasteiger partial charge in [-0.15, -0.1) is 11.3 Å². The molecule has 0 unspecified atom stereocenters. The van der Waals surface area contributed by atoms with Crippen molar-refractivity contribution in [1.82, 2.24) is 0 Å². The minimum atomic E-state index is -3.48. The maximum absolute atomic E-state index is 12.3. The van der Waals surface area contributed by atoms with Crippen molar-refractivity contribution in [2.45, 2.75) is 31.4 Å². The lowest BCUT2D eigenvalue weighted by molar-refractivity contribution is 0.603. The molecule has 3 nitrogen and oxygen atoms in total. The van der Waals surface area contributed by atoms with Crippen LogP contribution in [0.15, 0.2) is 34.5 Å². The zero-order chi connectivity index (χ0) is 14.0. The maximum Gasteiger partial charge on any atom is 0.271 e. The Labute approximate surface area is 118 Å². The summed E-state index contributed by atoms with van der Waals surface area (Å²) in [5.41, 5.74) is 2.66. The average molecular weight is 295 g/mol. The minimum Gasteiger partial charge on any atom is -0.278 e. The van der Waals surface area contributed by atoms with Gasteiger partial charge >= 0.3 is 0 Å². The Morgan fingerprint density at radius 3 is 2.47 bits per heavy atom. The van der Waals surface area contributed by atoms with Crippen LogP contribution in [-0.2, 0) is 16.4 Å². The smallest absolute Gasteiger partial charge is 0.271 e. The van der Waals surface area contributed by atoms with Gasteiger partial charge in [-0.05, 0) is 43.5 Å². The van der Waals surface area contributed by atoms with Crippen molar-refractivity contribution in [3.8, 4) is 0 Å². The first-order valence-corrected chi connectivity index (χ1v) is 8.41. The number of hydrogen-bond donors (Lipinski definition) is 1. The third kappa shape index (κ3) is 2.98. The summed E-state index contributed by atoms with van der Waals surface area (Å²) in [6.07, 6.45) is 0.795. The molecular formula is C14H17NO2S2. The first-order chi connectivity index (χ1) is 8.94. The van der Waals surface area contributed by atoms with E-state index in [-0.39, 0.29) is 0 Å². The highest BCUT2D eigenvalue weighted by molar-refractivity contribution is 7.94. The van der Waals surface area contributed by atoms with Crippen molar-refractivity contribution in [3.63, 3.8) is 0 Å². The van der Waals surface area contributed by atoms with Gasteiger partial charge in [0, 0.05) is 4.88 Å². The lowest BCUT2D eigenvalue weighted by Gasteiger charge is -2.13. The molecule has 0 radical (unpaired) electrons. The molecule has 1 heterocycles. The Kier molecular flexibility index (Phi) is 3.96. The number of benzene rings is 1. The molecule has 0 atom stereocenters. The van der Waals surface area contributed by atoms with Crippen molar-refractivity contribution in [2.24, 2.45) is 0 Å². The summed E-state index contributed by atoms with van der Waals surface area (Å²) in [5.74, 6) is 0. The first-order valence-electron chi connectivity index (χ1n) is 6.12. The second-order valence-electron chi connectivity index (χ2n) is 4.43. The SMILES string of the molecule is CCc1cccc(C)c1NS(=O)(=O)c1ccc(C)s1. The van der Waals surface area contributed by atoms with Crippen LogP contribution in [0.5, 0.6) is 0 Å². The molecule has 0 spiro atoms. The minimum absolute atomic E-state index is 0.357. The van der Waals surface area contributed by atoms with Crippen molar-refractivity contribution in [2.75, 3.05) is 4.72 Å². The van der Waals surface area contributed by atoms with Crippen LogP contribution in [-0.4, -0.2) is 8.42 Å². The molecule has 0 bridgehead atoms. The van der Waals surface area contributed by atoms with Gasteiger partial charge in [-0.1, -0.05) is 25.1 Å². The predicted molar refractivity (Wildman–Crippen MR) is 80.4 cm³/mol. The highest BCUT2D eigenvalue weighted by atomic mass is 32.2. The normalized spacial score (nSPS) is 11.5. The van der Waals surface area contributed by atoms with E-state index in [1.54, 1.807) is 6.07 Å². The Bertz CT molecular complexity index is 687. The van der Waals surface area contributed by atoms with Gasteiger partial charge < -0.3 is 0 Å². The molecule has 102 valence electrons. The van der Waals surface area contributed by atoms with Crippen LogP contribution in [0.25, 0.3) is 0 Å². The van der Waals surface area contributed by atoms with Gasteiger partial charge in [0.15, 0.2) is 0 Å². The first kappa shape index (κ1) is 14.1. The molecule has 0 aliphatic rings. The number of para-hydroxylation sites is 1. The third-order valence-corrected chi connectivity index (χ3v) is 5.80. The van der Waals surface area contributed by atoms with Crippen LogP contribution < -0.4 is 4.72 Å². The molecule has 19 heavy (non-hydrogen) atoms.